The van der Waals surface area contributed by atoms with E-state index in [9.17, 15) is 4.79 Å². The van der Waals surface area contributed by atoms with Gasteiger partial charge in [0.05, 0.1) is 19.4 Å². The van der Waals surface area contributed by atoms with E-state index in [-0.39, 0.29) is 11.9 Å². The van der Waals surface area contributed by atoms with E-state index in [0.29, 0.717) is 6.54 Å². The monoisotopic (exact) mass is 402 g/mol. The first-order chi connectivity index (χ1) is 13.7. The van der Waals surface area contributed by atoms with Crippen LogP contribution < -0.4 is 10.1 Å². The highest BCUT2D eigenvalue weighted by molar-refractivity contribution is 7.14. The van der Waals surface area contributed by atoms with Gasteiger partial charge in [0.2, 0.25) is 0 Å². The number of carbonyl (C=O) groups is 1. The molecule has 6 heteroatoms. The van der Waals surface area contributed by atoms with Crippen LogP contribution in [0.4, 0.5) is 0 Å². The summed E-state index contributed by atoms with van der Waals surface area (Å²) in [5.74, 6) is 2.45. The van der Waals surface area contributed by atoms with Gasteiger partial charge in [0.25, 0.3) is 5.91 Å². The Hall–Kier alpha value is -1.79. The van der Waals surface area contributed by atoms with Gasteiger partial charge in [-0.2, -0.15) is 0 Å². The van der Waals surface area contributed by atoms with E-state index in [0.717, 1.165) is 48.2 Å². The van der Waals surface area contributed by atoms with Crippen LogP contribution in [0.1, 0.15) is 64.5 Å². The molecule has 1 amide bonds. The lowest BCUT2D eigenvalue weighted by molar-refractivity contribution is 0.0897. The minimum absolute atomic E-state index is 0.0295. The zero-order valence-corrected chi connectivity index (χ0v) is 17.6. The lowest BCUT2D eigenvalue weighted by Crippen LogP contribution is -2.41. The molecular weight excluding hydrogens is 372 g/mol. The van der Waals surface area contributed by atoms with E-state index >= 15 is 0 Å². The predicted octanol–water partition coefficient (Wildman–Crippen LogP) is 4.43. The Bertz CT molecular complexity index is 791. The number of piperidine rings is 1. The van der Waals surface area contributed by atoms with Crippen LogP contribution in [0.15, 0.2) is 22.8 Å². The molecule has 4 rings (SSSR count). The standard InChI is InChI=1S/C22H30N2O3S/c1-15-9-11-24(12-10-15)17(18-7-5-13-27-18)14-23-22(25)21-20(26-2)16-6-3-4-8-19(16)28-21/h5,7,13,15,17H,3-4,6,8-12,14H2,1-2H3,(H,23,25). The first-order valence-corrected chi connectivity index (χ1v) is 11.2. The maximum Gasteiger partial charge on any atom is 0.265 e. The van der Waals surface area contributed by atoms with E-state index in [2.05, 4.69) is 17.1 Å². The fourth-order valence-corrected chi connectivity index (χ4v) is 5.68. The first kappa shape index (κ1) is 19.5. The van der Waals surface area contributed by atoms with Crippen LogP contribution in [0, 0.1) is 5.92 Å². The third-order valence-corrected chi connectivity index (χ3v) is 7.39. The lowest BCUT2D eigenvalue weighted by atomic mass is 9.97. The number of methoxy groups -OCH3 is 1. The van der Waals surface area contributed by atoms with Crippen molar-refractivity contribution in [3.05, 3.63) is 39.5 Å². The Morgan fingerprint density at radius 3 is 2.86 bits per heavy atom. The van der Waals surface area contributed by atoms with E-state index in [4.69, 9.17) is 9.15 Å². The molecule has 28 heavy (non-hydrogen) atoms. The Morgan fingerprint density at radius 2 is 2.14 bits per heavy atom. The maximum atomic E-state index is 13.0. The molecule has 0 radical (unpaired) electrons. The van der Waals surface area contributed by atoms with Gasteiger partial charge in [-0.1, -0.05) is 6.92 Å². The number of nitrogens with one attached hydrogen (secondary N) is 1. The number of nitrogens with zero attached hydrogens (tertiary/aromatic N) is 1. The second-order valence-corrected chi connectivity index (χ2v) is 9.14. The average molecular weight is 403 g/mol. The molecule has 3 heterocycles. The number of fused-ring (bicyclic) bond motifs is 1. The molecule has 1 aliphatic heterocycles. The molecule has 1 N–H and O–H groups in total. The average Bonchev–Trinajstić information content (AvgIpc) is 3.37. The molecule has 0 aromatic carbocycles. The van der Waals surface area contributed by atoms with Crippen molar-refractivity contribution >= 4 is 17.2 Å². The zero-order valence-electron chi connectivity index (χ0n) is 16.8. The summed E-state index contributed by atoms with van der Waals surface area (Å²) in [5.41, 5.74) is 1.25. The maximum absolute atomic E-state index is 13.0. The van der Waals surface area contributed by atoms with Crippen molar-refractivity contribution in [2.45, 2.75) is 51.5 Å². The van der Waals surface area contributed by atoms with E-state index in [1.165, 1.54) is 36.1 Å². The third-order valence-electron chi connectivity index (χ3n) is 6.12. The normalized spacial score (nSPS) is 19.2. The van der Waals surface area contributed by atoms with Crippen LogP contribution in [-0.4, -0.2) is 37.6 Å². The summed E-state index contributed by atoms with van der Waals surface area (Å²) in [5, 5.41) is 3.17. The second kappa shape index (κ2) is 8.70. The van der Waals surface area contributed by atoms with Gasteiger partial charge in [0.15, 0.2) is 0 Å². The topological polar surface area (TPSA) is 54.7 Å². The molecule has 1 fully saturated rings. The molecule has 0 bridgehead atoms. The Kier molecular flexibility index (Phi) is 6.07. The smallest absolute Gasteiger partial charge is 0.265 e. The number of ether oxygens (including phenoxy) is 1. The van der Waals surface area contributed by atoms with Crippen LogP contribution in [0.5, 0.6) is 5.75 Å². The summed E-state index contributed by atoms with van der Waals surface area (Å²) < 4.78 is 11.3. The van der Waals surface area contributed by atoms with Crippen LogP contribution in [0.3, 0.4) is 0 Å². The number of hydrogen-bond acceptors (Lipinski definition) is 5. The van der Waals surface area contributed by atoms with Crippen molar-refractivity contribution in [3.8, 4) is 5.75 Å². The summed E-state index contributed by atoms with van der Waals surface area (Å²) in [6.07, 6.45) is 8.55. The van der Waals surface area contributed by atoms with Crippen molar-refractivity contribution in [2.75, 3.05) is 26.7 Å². The molecule has 1 unspecified atom stereocenters. The third kappa shape index (κ3) is 3.98. The van der Waals surface area contributed by atoms with Gasteiger partial charge in [-0.05, 0) is 69.7 Å². The Morgan fingerprint density at radius 1 is 1.36 bits per heavy atom. The van der Waals surface area contributed by atoms with Gasteiger partial charge in [0.1, 0.15) is 16.4 Å². The second-order valence-electron chi connectivity index (χ2n) is 8.03. The number of likely N-dealkylation sites (tertiary alicyclic amines) is 1. The van der Waals surface area contributed by atoms with E-state index in [1.807, 2.05) is 12.1 Å². The SMILES string of the molecule is COc1c(C(=O)NCC(c2ccco2)N2CCC(C)CC2)sc2c1CCCC2. The van der Waals surface area contributed by atoms with Gasteiger partial charge in [-0.25, -0.2) is 0 Å². The number of aryl methyl sites for hydroxylation is 1. The molecule has 1 saturated heterocycles. The van der Waals surface area contributed by atoms with Crippen molar-refractivity contribution in [1.29, 1.82) is 0 Å². The lowest BCUT2D eigenvalue weighted by Gasteiger charge is -2.35. The summed E-state index contributed by atoms with van der Waals surface area (Å²) in [7, 11) is 1.67. The van der Waals surface area contributed by atoms with Gasteiger partial charge in [0, 0.05) is 17.0 Å². The summed E-state index contributed by atoms with van der Waals surface area (Å²) in [4.78, 5) is 17.5. The van der Waals surface area contributed by atoms with Crippen LogP contribution >= 0.6 is 11.3 Å². The summed E-state index contributed by atoms with van der Waals surface area (Å²) >= 11 is 1.61. The highest BCUT2D eigenvalue weighted by Crippen LogP contribution is 2.40. The summed E-state index contributed by atoms with van der Waals surface area (Å²) in [6, 6.07) is 4.01. The van der Waals surface area contributed by atoms with Gasteiger partial charge < -0.3 is 14.5 Å². The molecule has 2 aromatic heterocycles. The quantitative estimate of drug-likeness (QED) is 0.777. The molecule has 0 saturated carbocycles. The van der Waals surface area contributed by atoms with Crippen molar-refractivity contribution < 1.29 is 13.9 Å². The van der Waals surface area contributed by atoms with E-state index in [1.54, 1.807) is 24.7 Å². The predicted molar refractivity (Wildman–Crippen MR) is 111 cm³/mol. The fourth-order valence-electron chi connectivity index (χ4n) is 4.40. The number of thiophene rings is 1. The van der Waals surface area contributed by atoms with Gasteiger partial charge in [-0.15, -0.1) is 11.3 Å². The number of amides is 1. The number of furan rings is 1. The number of rotatable bonds is 6. The summed E-state index contributed by atoms with van der Waals surface area (Å²) in [6.45, 7) is 4.94. The van der Waals surface area contributed by atoms with Crippen LogP contribution in [0.2, 0.25) is 0 Å². The van der Waals surface area contributed by atoms with Gasteiger partial charge >= 0.3 is 0 Å². The van der Waals surface area contributed by atoms with Crippen LogP contribution in [0.25, 0.3) is 0 Å². The molecule has 5 nitrogen and oxygen atoms in total. The Labute approximate surface area is 171 Å². The Balaban J connectivity index is 1.48. The van der Waals surface area contributed by atoms with Crippen molar-refractivity contribution in [1.82, 2.24) is 10.2 Å². The molecule has 1 aliphatic carbocycles. The first-order valence-electron chi connectivity index (χ1n) is 10.4. The fraction of sp³-hybridized carbons (Fsp3) is 0.591. The minimum Gasteiger partial charge on any atom is -0.495 e. The van der Waals surface area contributed by atoms with Crippen molar-refractivity contribution in [3.63, 3.8) is 0 Å². The number of carbonyl (C=O) groups excluding carboxylic acids is 1. The molecule has 0 spiro atoms. The minimum atomic E-state index is -0.0295. The largest absolute Gasteiger partial charge is 0.495 e. The molecule has 2 aromatic rings. The molecule has 2 aliphatic rings. The molecule has 1 atom stereocenters. The van der Waals surface area contributed by atoms with Crippen LogP contribution in [-0.2, 0) is 12.8 Å². The van der Waals surface area contributed by atoms with Gasteiger partial charge in [-0.3, -0.25) is 9.69 Å². The molecule has 152 valence electrons. The highest BCUT2D eigenvalue weighted by atomic mass is 32.1. The number of hydrogen-bond donors (Lipinski definition) is 1. The highest BCUT2D eigenvalue weighted by Gasteiger charge is 2.29. The van der Waals surface area contributed by atoms with E-state index < -0.39 is 0 Å². The molecular formula is C22H30N2O3S. The zero-order chi connectivity index (χ0) is 19.5. The van der Waals surface area contributed by atoms with Crippen molar-refractivity contribution in [2.24, 2.45) is 5.92 Å².